The number of likely N-dealkylation sites (tertiary alicyclic amines) is 1. The molecule has 1 atom stereocenters. The van der Waals surface area contributed by atoms with Gasteiger partial charge in [0.25, 0.3) is 0 Å². The van der Waals surface area contributed by atoms with Crippen molar-refractivity contribution in [3.8, 4) is 11.8 Å². The van der Waals surface area contributed by atoms with Crippen LogP contribution in [0.1, 0.15) is 56.9 Å². The lowest BCUT2D eigenvalue weighted by atomic mass is 9.72. The Hall–Kier alpha value is -1.30. The van der Waals surface area contributed by atoms with Crippen molar-refractivity contribution in [1.29, 1.82) is 0 Å². The number of aliphatic hydroxyl groups is 1. The summed E-state index contributed by atoms with van der Waals surface area (Å²) in [6.45, 7) is 3.22. The van der Waals surface area contributed by atoms with Crippen LogP contribution < -0.4 is 0 Å². The highest BCUT2D eigenvalue weighted by Gasteiger charge is 2.38. The van der Waals surface area contributed by atoms with Gasteiger partial charge in [-0.1, -0.05) is 61.4 Å². The maximum absolute atomic E-state index is 11.5. The zero-order valence-electron chi connectivity index (χ0n) is 14.1. The highest BCUT2D eigenvalue weighted by Crippen LogP contribution is 2.41. The third kappa shape index (κ3) is 4.16. The first-order valence-corrected chi connectivity index (χ1v) is 9.25. The maximum Gasteiger partial charge on any atom is 0.103 e. The number of rotatable bonds is 4. The van der Waals surface area contributed by atoms with Gasteiger partial charge in [0.1, 0.15) is 5.60 Å². The highest BCUT2D eigenvalue weighted by molar-refractivity contribution is 5.26. The molecular weight excluding hydrogens is 282 g/mol. The van der Waals surface area contributed by atoms with E-state index in [1.54, 1.807) is 0 Å². The smallest absolute Gasteiger partial charge is 0.103 e. The quantitative estimate of drug-likeness (QED) is 0.851. The van der Waals surface area contributed by atoms with Crippen molar-refractivity contribution in [2.24, 2.45) is 5.92 Å². The molecule has 0 bridgehead atoms. The van der Waals surface area contributed by atoms with Crippen LogP contribution in [0.25, 0.3) is 0 Å². The van der Waals surface area contributed by atoms with Crippen LogP contribution in [0.15, 0.2) is 30.3 Å². The van der Waals surface area contributed by atoms with E-state index in [2.05, 4.69) is 28.9 Å². The van der Waals surface area contributed by atoms with E-state index in [4.69, 9.17) is 0 Å². The van der Waals surface area contributed by atoms with Crippen LogP contribution >= 0.6 is 0 Å². The van der Waals surface area contributed by atoms with E-state index in [0.29, 0.717) is 12.3 Å². The van der Waals surface area contributed by atoms with Crippen molar-refractivity contribution in [1.82, 2.24) is 4.90 Å². The topological polar surface area (TPSA) is 23.5 Å². The van der Waals surface area contributed by atoms with Gasteiger partial charge in [-0.25, -0.2) is 0 Å². The summed E-state index contributed by atoms with van der Waals surface area (Å²) < 4.78 is 0. The SMILES string of the molecule is O[C@@](CC#CCN1CCCC1)(c1ccccc1)C1CCCCC1. The predicted octanol–water partition coefficient (Wildman–Crippen LogP) is 3.94. The molecule has 1 N–H and O–H groups in total. The molecular formula is C21H29NO. The van der Waals surface area contributed by atoms with E-state index in [0.717, 1.165) is 24.9 Å². The summed E-state index contributed by atoms with van der Waals surface area (Å²) in [7, 11) is 0. The van der Waals surface area contributed by atoms with E-state index in [1.807, 2.05) is 18.2 Å². The minimum Gasteiger partial charge on any atom is -0.384 e. The Balaban J connectivity index is 1.71. The molecule has 1 saturated heterocycles. The molecule has 1 aliphatic carbocycles. The van der Waals surface area contributed by atoms with Gasteiger partial charge < -0.3 is 5.11 Å². The third-order valence-electron chi connectivity index (χ3n) is 5.54. The van der Waals surface area contributed by atoms with Gasteiger partial charge in [0.05, 0.1) is 6.54 Å². The van der Waals surface area contributed by atoms with Crippen molar-refractivity contribution < 1.29 is 5.11 Å². The molecule has 23 heavy (non-hydrogen) atoms. The number of hydrogen-bond donors (Lipinski definition) is 1. The standard InChI is InChI=1S/C21H29NO/c23-21(19-11-3-1-4-12-19,20-13-5-2-6-14-20)15-7-8-16-22-17-9-10-18-22/h1,3-4,11-12,20,23H,2,5-6,9-10,13-18H2/t21-/m0/s1. The number of hydrogen-bond acceptors (Lipinski definition) is 2. The fraction of sp³-hybridized carbons (Fsp3) is 0.619. The van der Waals surface area contributed by atoms with Gasteiger partial charge in [0.15, 0.2) is 0 Å². The molecule has 1 heterocycles. The molecule has 0 aromatic heterocycles. The van der Waals surface area contributed by atoms with E-state index in [1.165, 1.54) is 45.2 Å². The van der Waals surface area contributed by atoms with Crippen molar-refractivity contribution in [3.63, 3.8) is 0 Å². The van der Waals surface area contributed by atoms with Gasteiger partial charge in [-0.15, -0.1) is 0 Å². The summed E-state index contributed by atoms with van der Waals surface area (Å²) in [5, 5.41) is 11.5. The van der Waals surface area contributed by atoms with Crippen LogP contribution in [0, 0.1) is 17.8 Å². The first-order valence-electron chi connectivity index (χ1n) is 9.25. The third-order valence-corrected chi connectivity index (χ3v) is 5.54. The van der Waals surface area contributed by atoms with E-state index in [9.17, 15) is 5.11 Å². The predicted molar refractivity (Wildman–Crippen MR) is 95.0 cm³/mol. The molecule has 0 unspecified atom stereocenters. The summed E-state index contributed by atoms with van der Waals surface area (Å²) in [5.41, 5.74) is 0.266. The van der Waals surface area contributed by atoms with Gasteiger partial charge in [-0.05, 0) is 50.3 Å². The molecule has 2 heteroatoms. The van der Waals surface area contributed by atoms with Gasteiger partial charge in [0.2, 0.25) is 0 Å². The van der Waals surface area contributed by atoms with Crippen molar-refractivity contribution in [2.75, 3.05) is 19.6 Å². The lowest BCUT2D eigenvalue weighted by Gasteiger charge is -2.38. The van der Waals surface area contributed by atoms with Crippen LogP contribution in [0.4, 0.5) is 0 Å². The van der Waals surface area contributed by atoms with Crippen LogP contribution in [-0.4, -0.2) is 29.6 Å². The Morgan fingerprint density at radius 1 is 0.957 bits per heavy atom. The highest BCUT2D eigenvalue weighted by atomic mass is 16.3. The molecule has 1 aliphatic heterocycles. The minimum absolute atomic E-state index is 0.347. The zero-order chi connectivity index (χ0) is 16.0. The molecule has 0 spiro atoms. The van der Waals surface area contributed by atoms with Crippen LogP contribution in [0.5, 0.6) is 0 Å². The number of benzene rings is 1. The second-order valence-corrected chi connectivity index (χ2v) is 7.14. The van der Waals surface area contributed by atoms with Gasteiger partial charge >= 0.3 is 0 Å². The summed E-state index contributed by atoms with van der Waals surface area (Å²) in [6, 6.07) is 10.2. The Morgan fingerprint density at radius 2 is 1.65 bits per heavy atom. The molecule has 124 valence electrons. The Bertz CT molecular complexity index is 532. The van der Waals surface area contributed by atoms with Gasteiger partial charge in [-0.2, -0.15) is 0 Å². The van der Waals surface area contributed by atoms with Gasteiger partial charge in [0, 0.05) is 6.42 Å². The van der Waals surface area contributed by atoms with Crippen LogP contribution in [0.2, 0.25) is 0 Å². The van der Waals surface area contributed by atoms with E-state index in [-0.39, 0.29) is 0 Å². The Kier molecular flexibility index (Phi) is 5.75. The largest absolute Gasteiger partial charge is 0.384 e. The average Bonchev–Trinajstić information content (AvgIpc) is 3.13. The second kappa shape index (κ2) is 7.99. The summed E-state index contributed by atoms with van der Waals surface area (Å²) >= 11 is 0. The zero-order valence-corrected chi connectivity index (χ0v) is 14.1. The Labute approximate surface area is 140 Å². The van der Waals surface area contributed by atoms with Crippen molar-refractivity contribution in [2.45, 2.75) is 57.0 Å². The summed E-state index contributed by atoms with van der Waals surface area (Å²) in [4.78, 5) is 2.41. The summed E-state index contributed by atoms with van der Waals surface area (Å²) in [6.07, 6.45) is 9.20. The number of nitrogens with zero attached hydrogens (tertiary/aromatic N) is 1. The Morgan fingerprint density at radius 3 is 2.35 bits per heavy atom. The fourth-order valence-corrected chi connectivity index (χ4v) is 4.09. The lowest BCUT2D eigenvalue weighted by Crippen LogP contribution is -2.36. The van der Waals surface area contributed by atoms with Crippen molar-refractivity contribution in [3.05, 3.63) is 35.9 Å². The molecule has 0 radical (unpaired) electrons. The molecule has 1 aromatic carbocycles. The lowest BCUT2D eigenvalue weighted by molar-refractivity contribution is -0.0344. The first kappa shape index (κ1) is 16.6. The van der Waals surface area contributed by atoms with Gasteiger partial charge in [-0.3, -0.25) is 4.90 Å². The molecule has 3 rings (SSSR count). The van der Waals surface area contributed by atoms with Crippen molar-refractivity contribution >= 4 is 0 Å². The second-order valence-electron chi connectivity index (χ2n) is 7.14. The molecule has 1 saturated carbocycles. The minimum atomic E-state index is -0.778. The van der Waals surface area contributed by atoms with E-state index >= 15 is 0 Å². The summed E-state index contributed by atoms with van der Waals surface area (Å²) in [5.74, 6) is 6.96. The average molecular weight is 311 g/mol. The first-order chi connectivity index (χ1) is 11.3. The molecule has 1 aromatic rings. The normalized spacial score (nSPS) is 22.3. The van der Waals surface area contributed by atoms with Crippen LogP contribution in [-0.2, 0) is 5.60 Å². The maximum atomic E-state index is 11.5. The van der Waals surface area contributed by atoms with Crippen LogP contribution in [0.3, 0.4) is 0 Å². The molecule has 2 aliphatic rings. The molecule has 2 fully saturated rings. The van der Waals surface area contributed by atoms with E-state index < -0.39 is 5.60 Å². The molecule has 2 nitrogen and oxygen atoms in total. The monoisotopic (exact) mass is 311 g/mol. The molecule has 0 amide bonds. The fourth-order valence-electron chi connectivity index (χ4n) is 4.09.